The third-order valence-corrected chi connectivity index (χ3v) is 5.45. The Bertz CT molecular complexity index is 1200. The number of hydrogen-bond acceptors (Lipinski definition) is 6. The van der Waals surface area contributed by atoms with Gasteiger partial charge in [-0.15, -0.1) is 0 Å². The third-order valence-electron chi connectivity index (χ3n) is 5.12. The van der Waals surface area contributed by atoms with Crippen LogP contribution in [0.3, 0.4) is 0 Å². The summed E-state index contributed by atoms with van der Waals surface area (Å²) in [4.78, 5) is 3.84. The molecule has 32 heavy (non-hydrogen) atoms. The lowest BCUT2D eigenvalue weighted by atomic mass is 9.88. The molecule has 166 valence electrons. The molecule has 0 saturated carbocycles. The molecule has 4 aromatic rings. The van der Waals surface area contributed by atoms with Crippen molar-refractivity contribution in [1.82, 2.24) is 19.9 Å². The molecule has 7 nitrogen and oxygen atoms in total. The SMILES string of the molecule is CC(OCc1cc(-c2ccccc2Cl)no1)C(O)(Cn1cncn1)c1ccc(F)cc1F. The highest BCUT2D eigenvalue weighted by Gasteiger charge is 2.40. The first-order valence-corrected chi connectivity index (χ1v) is 10.1. The van der Waals surface area contributed by atoms with Crippen LogP contribution in [-0.2, 0) is 23.5 Å². The molecule has 2 heterocycles. The average Bonchev–Trinajstić information content (AvgIpc) is 3.44. The monoisotopic (exact) mass is 460 g/mol. The summed E-state index contributed by atoms with van der Waals surface area (Å²) in [6.07, 6.45) is 1.73. The fourth-order valence-corrected chi connectivity index (χ4v) is 3.59. The molecule has 0 radical (unpaired) electrons. The number of ether oxygens (including phenoxy) is 1. The van der Waals surface area contributed by atoms with Crippen LogP contribution in [0.1, 0.15) is 18.2 Å². The van der Waals surface area contributed by atoms with Crippen molar-refractivity contribution in [3.8, 4) is 11.3 Å². The highest BCUT2D eigenvalue weighted by molar-refractivity contribution is 6.33. The summed E-state index contributed by atoms with van der Waals surface area (Å²) < 4.78 is 40.5. The predicted octanol–water partition coefficient (Wildman–Crippen LogP) is 4.36. The molecule has 0 aliphatic heterocycles. The van der Waals surface area contributed by atoms with Crippen molar-refractivity contribution in [3.63, 3.8) is 0 Å². The summed E-state index contributed by atoms with van der Waals surface area (Å²) in [6, 6.07) is 11.8. The lowest BCUT2D eigenvalue weighted by Crippen LogP contribution is -2.44. The molecular formula is C22H19ClF2N4O3. The van der Waals surface area contributed by atoms with Gasteiger partial charge in [-0.25, -0.2) is 18.4 Å². The Hall–Kier alpha value is -3.14. The van der Waals surface area contributed by atoms with E-state index in [9.17, 15) is 13.9 Å². The first kappa shape index (κ1) is 22.1. The zero-order valence-corrected chi connectivity index (χ0v) is 17.7. The van der Waals surface area contributed by atoms with Crippen LogP contribution in [0.25, 0.3) is 11.3 Å². The maximum atomic E-state index is 14.6. The van der Waals surface area contributed by atoms with E-state index in [2.05, 4.69) is 15.2 Å². The van der Waals surface area contributed by atoms with Gasteiger partial charge in [0, 0.05) is 23.3 Å². The Kier molecular flexibility index (Phi) is 6.31. The van der Waals surface area contributed by atoms with Gasteiger partial charge >= 0.3 is 0 Å². The van der Waals surface area contributed by atoms with Crippen LogP contribution >= 0.6 is 11.6 Å². The second-order valence-electron chi connectivity index (χ2n) is 7.25. The molecule has 0 fully saturated rings. The van der Waals surface area contributed by atoms with E-state index in [1.165, 1.54) is 23.4 Å². The largest absolute Gasteiger partial charge is 0.380 e. The minimum absolute atomic E-state index is 0.0545. The second kappa shape index (κ2) is 9.15. The van der Waals surface area contributed by atoms with E-state index in [1.54, 1.807) is 19.1 Å². The molecule has 0 spiro atoms. The fourth-order valence-electron chi connectivity index (χ4n) is 3.36. The Morgan fingerprint density at radius 3 is 2.75 bits per heavy atom. The van der Waals surface area contributed by atoms with Crippen molar-refractivity contribution in [2.45, 2.75) is 31.8 Å². The van der Waals surface area contributed by atoms with Gasteiger partial charge in [-0.2, -0.15) is 5.10 Å². The van der Waals surface area contributed by atoms with Crippen molar-refractivity contribution in [3.05, 3.63) is 89.2 Å². The quantitative estimate of drug-likeness (QED) is 0.420. The molecule has 0 amide bonds. The van der Waals surface area contributed by atoms with Gasteiger partial charge in [-0.3, -0.25) is 0 Å². The van der Waals surface area contributed by atoms with Crippen LogP contribution < -0.4 is 0 Å². The smallest absolute Gasteiger partial charge is 0.163 e. The van der Waals surface area contributed by atoms with Crippen LogP contribution in [0, 0.1) is 11.6 Å². The summed E-state index contributed by atoms with van der Waals surface area (Å²) in [5.41, 5.74) is -0.773. The molecule has 1 N–H and O–H groups in total. The lowest BCUT2D eigenvalue weighted by Gasteiger charge is -2.34. The van der Waals surface area contributed by atoms with Crippen LogP contribution in [-0.4, -0.2) is 31.1 Å². The van der Waals surface area contributed by atoms with Gasteiger partial charge in [0.1, 0.15) is 42.2 Å². The van der Waals surface area contributed by atoms with Crippen molar-refractivity contribution in [2.24, 2.45) is 0 Å². The number of hydrogen-bond donors (Lipinski definition) is 1. The maximum Gasteiger partial charge on any atom is 0.163 e. The molecule has 0 saturated heterocycles. The first-order chi connectivity index (χ1) is 15.4. The van der Waals surface area contributed by atoms with E-state index in [0.29, 0.717) is 28.1 Å². The molecule has 2 aromatic heterocycles. The third kappa shape index (κ3) is 4.55. The normalized spacial score (nSPS) is 14.3. The van der Waals surface area contributed by atoms with E-state index < -0.39 is 23.3 Å². The standard InChI is InChI=1S/C22H19ClF2N4O3/c1-14(31-10-16-9-21(28-32-16)17-4-2-3-5-19(17)23)22(30,11-29-13-26-12-27-29)18-7-6-15(24)8-20(18)25/h2-9,12-14,30H,10-11H2,1H3. The summed E-state index contributed by atoms with van der Waals surface area (Å²) >= 11 is 6.20. The van der Waals surface area contributed by atoms with Gasteiger partial charge in [0.15, 0.2) is 5.76 Å². The molecule has 0 bridgehead atoms. The Balaban J connectivity index is 1.55. The van der Waals surface area contributed by atoms with Crippen molar-refractivity contribution >= 4 is 11.6 Å². The van der Waals surface area contributed by atoms with E-state index in [0.717, 1.165) is 6.07 Å². The van der Waals surface area contributed by atoms with Crippen LogP contribution in [0.15, 0.2) is 65.7 Å². The topological polar surface area (TPSA) is 86.2 Å². The van der Waals surface area contributed by atoms with Gasteiger partial charge in [0.05, 0.1) is 17.7 Å². The van der Waals surface area contributed by atoms with Gasteiger partial charge in [0.2, 0.25) is 0 Å². The number of benzene rings is 2. The van der Waals surface area contributed by atoms with Crippen molar-refractivity contribution in [2.75, 3.05) is 0 Å². The molecule has 2 unspecified atom stereocenters. The Morgan fingerprint density at radius 2 is 2.03 bits per heavy atom. The van der Waals surface area contributed by atoms with E-state index in [1.807, 2.05) is 18.2 Å². The van der Waals surface area contributed by atoms with Crippen LogP contribution in [0.5, 0.6) is 0 Å². The molecule has 4 rings (SSSR count). The number of aliphatic hydroxyl groups is 1. The molecule has 10 heteroatoms. The molecule has 0 aliphatic carbocycles. The fraction of sp³-hybridized carbons (Fsp3) is 0.227. The Labute approximate surface area is 187 Å². The van der Waals surface area contributed by atoms with E-state index in [-0.39, 0.29) is 18.7 Å². The number of aromatic nitrogens is 4. The number of rotatable bonds is 8. The summed E-state index contributed by atoms with van der Waals surface area (Å²) in [6.45, 7) is 1.35. The molecule has 2 aromatic carbocycles. The second-order valence-corrected chi connectivity index (χ2v) is 7.66. The summed E-state index contributed by atoms with van der Waals surface area (Å²) in [7, 11) is 0. The van der Waals surface area contributed by atoms with Crippen molar-refractivity contribution in [1.29, 1.82) is 0 Å². The van der Waals surface area contributed by atoms with Gasteiger partial charge < -0.3 is 14.4 Å². The minimum Gasteiger partial charge on any atom is -0.380 e. The highest BCUT2D eigenvalue weighted by Crippen LogP contribution is 2.33. The summed E-state index contributed by atoms with van der Waals surface area (Å²) in [5, 5.41) is 20.0. The Morgan fingerprint density at radius 1 is 1.22 bits per heavy atom. The van der Waals surface area contributed by atoms with E-state index >= 15 is 0 Å². The van der Waals surface area contributed by atoms with Gasteiger partial charge in [0.25, 0.3) is 0 Å². The number of halogens is 3. The molecular weight excluding hydrogens is 442 g/mol. The summed E-state index contributed by atoms with van der Waals surface area (Å²) in [5.74, 6) is -1.27. The number of nitrogens with zero attached hydrogens (tertiary/aromatic N) is 4. The van der Waals surface area contributed by atoms with Crippen LogP contribution in [0.4, 0.5) is 8.78 Å². The minimum atomic E-state index is -1.88. The van der Waals surface area contributed by atoms with Gasteiger partial charge in [-0.1, -0.05) is 41.0 Å². The van der Waals surface area contributed by atoms with Crippen LogP contribution in [0.2, 0.25) is 5.02 Å². The van der Waals surface area contributed by atoms with E-state index in [4.69, 9.17) is 20.9 Å². The zero-order chi connectivity index (χ0) is 22.7. The average molecular weight is 461 g/mol. The molecule has 0 aliphatic rings. The van der Waals surface area contributed by atoms with Crippen molar-refractivity contribution < 1.29 is 23.1 Å². The highest BCUT2D eigenvalue weighted by atomic mass is 35.5. The predicted molar refractivity (Wildman–Crippen MR) is 111 cm³/mol. The lowest BCUT2D eigenvalue weighted by molar-refractivity contribution is -0.126. The van der Waals surface area contributed by atoms with Gasteiger partial charge in [-0.05, 0) is 19.1 Å². The first-order valence-electron chi connectivity index (χ1n) is 9.69. The molecule has 2 atom stereocenters. The zero-order valence-electron chi connectivity index (χ0n) is 17.0. The maximum absolute atomic E-state index is 14.6.